The van der Waals surface area contributed by atoms with Crippen molar-refractivity contribution in [3.05, 3.63) is 35.6 Å². The minimum atomic E-state index is -0.732. The predicted molar refractivity (Wildman–Crippen MR) is 56.1 cm³/mol. The number of hydrogen-bond donors (Lipinski definition) is 0. The molecule has 0 spiro atoms. The average molecular weight is 210 g/mol. The Morgan fingerprint density at radius 1 is 1.33 bits per heavy atom. The molecule has 0 atom stereocenters. The van der Waals surface area contributed by atoms with E-state index in [1.54, 1.807) is 32.9 Å². The standard InChI is InChI=1S/C12H15FO2/c1-4-15-11(14)12(2,3)9-5-7-10(13)8-6-9/h5-8H,4H2,1-3H3. The lowest BCUT2D eigenvalue weighted by Crippen LogP contribution is -2.31. The van der Waals surface area contributed by atoms with Crippen LogP contribution < -0.4 is 0 Å². The first-order chi connectivity index (χ1) is 6.98. The van der Waals surface area contributed by atoms with Crippen LogP contribution in [-0.2, 0) is 14.9 Å². The maximum absolute atomic E-state index is 12.7. The molecule has 1 aromatic rings. The Bertz CT molecular complexity index is 341. The second-order valence-electron chi connectivity index (χ2n) is 3.85. The van der Waals surface area contributed by atoms with Gasteiger partial charge < -0.3 is 4.74 Å². The van der Waals surface area contributed by atoms with Crippen molar-refractivity contribution in [2.75, 3.05) is 6.61 Å². The summed E-state index contributed by atoms with van der Waals surface area (Å²) in [7, 11) is 0. The molecule has 3 heteroatoms. The van der Waals surface area contributed by atoms with Gasteiger partial charge in [0.05, 0.1) is 12.0 Å². The summed E-state index contributed by atoms with van der Waals surface area (Å²) in [6.45, 7) is 5.64. The van der Waals surface area contributed by atoms with E-state index in [0.717, 1.165) is 5.56 Å². The molecule has 0 unspecified atom stereocenters. The number of rotatable bonds is 3. The smallest absolute Gasteiger partial charge is 0.315 e. The van der Waals surface area contributed by atoms with E-state index in [1.807, 2.05) is 0 Å². The molecule has 0 aliphatic rings. The van der Waals surface area contributed by atoms with E-state index >= 15 is 0 Å². The van der Waals surface area contributed by atoms with Crippen LogP contribution in [0.2, 0.25) is 0 Å². The zero-order valence-corrected chi connectivity index (χ0v) is 9.21. The molecule has 0 aliphatic carbocycles. The molecule has 0 saturated carbocycles. The summed E-state index contributed by atoms with van der Waals surface area (Å²) in [5, 5.41) is 0. The van der Waals surface area contributed by atoms with Crippen molar-refractivity contribution >= 4 is 5.97 Å². The van der Waals surface area contributed by atoms with E-state index in [-0.39, 0.29) is 11.8 Å². The van der Waals surface area contributed by atoms with Gasteiger partial charge >= 0.3 is 5.97 Å². The Hall–Kier alpha value is -1.38. The minimum absolute atomic E-state index is 0.295. The Morgan fingerprint density at radius 3 is 2.33 bits per heavy atom. The van der Waals surface area contributed by atoms with Crippen LogP contribution in [0, 0.1) is 5.82 Å². The molecule has 0 N–H and O–H groups in total. The first-order valence-corrected chi connectivity index (χ1v) is 4.91. The lowest BCUT2D eigenvalue weighted by atomic mass is 9.85. The third-order valence-corrected chi connectivity index (χ3v) is 2.35. The van der Waals surface area contributed by atoms with Crippen molar-refractivity contribution in [1.29, 1.82) is 0 Å². The molecular formula is C12H15FO2. The van der Waals surface area contributed by atoms with Gasteiger partial charge in [0.1, 0.15) is 5.82 Å². The molecule has 0 heterocycles. The fourth-order valence-corrected chi connectivity index (χ4v) is 1.30. The molecular weight excluding hydrogens is 195 g/mol. The van der Waals surface area contributed by atoms with Gasteiger partial charge in [0.15, 0.2) is 0 Å². The van der Waals surface area contributed by atoms with Gasteiger partial charge in [-0.05, 0) is 38.5 Å². The number of benzene rings is 1. The highest BCUT2D eigenvalue weighted by molar-refractivity contribution is 5.82. The predicted octanol–water partition coefficient (Wildman–Crippen LogP) is 2.67. The van der Waals surface area contributed by atoms with Crippen LogP contribution in [0.4, 0.5) is 4.39 Å². The van der Waals surface area contributed by atoms with Gasteiger partial charge in [-0.1, -0.05) is 12.1 Å². The van der Waals surface area contributed by atoms with Crippen molar-refractivity contribution in [1.82, 2.24) is 0 Å². The average Bonchev–Trinajstić information content (AvgIpc) is 2.18. The van der Waals surface area contributed by atoms with Gasteiger partial charge in [0, 0.05) is 0 Å². The largest absolute Gasteiger partial charge is 0.465 e. The van der Waals surface area contributed by atoms with Crippen LogP contribution in [0.3, 0.4) is 0 Å². The van der Waals surface area contributed by atoms with Crippen molar-refractivity contribution in [3.63, 3.8) is 0 Å². The van der Waals surface area contributed by atoms with Gasteiger partial charge in [-0.3, -0.25) is 4.79 Å². The fourth-order valence-electron chi connectivity index (χ4n) is 1.30. The zero-order valence-electron chi connectivity index (χ0n) is 9.21. The first kappa shape index (κ1) is 11.7. The highest BCUT2D eigenvalue weighted by atomic mass is 19.1. The molecule has 0 aromatic heterocycles. The van der Waals surface area contributed by atoms with Crippen molar-refractivity contribution in [2.45, 2.75) is 26.2 Å². The van der Waals surface area contributed by atoms with Crippen molar-refractivity contribution in [2.24, 2.45) is 0 Å². The maximum atomic E-state index is 12.7. The third kappa shape index (κ3) is 2.55. The molecule has 0 amide bonds. The summed E-state index contributed by atoms with van der Waals surface area (Å²) >= 11 is 0. The third-order valence-electron chi connectivity index (χ3n) is 2.35. The lowest BCUT2D eigenvalue weighted by Gasteiger charge is -2.22. The van der Waals surface area contributed by atoms with Gasteiger partial charge in [-0.25, -0.2) is 4.39 Å². The maximum Gasteiger partial charge on any atom is 0.315 e. The summed E-state index contributed by atoms with van der Waals surface area (Å²) in [5.74, 6) is -0.602. The molecule has 0 bridgehead atoms. The second-order valence-corrected chi connectivity index (χ2v) is 3.85. The van der Waals surface area contributed by atoms with Crippen LogP contribution in [0.15, 0.2) is 24.3 Å². The van der Waals surface area contributed by atoms with Crippen LogP contribution in [-0.4, -0.2) is 12.6 Å². The SMILES string of the molecule is CCOC(=O)C(C)(C)c1ccc(F)cc1. The Kier molecular flexibility index (Phi) is 3.45. The second kappa shape index (κ2) is 4.43. The Balaban J connectivity index is 2.94. The van der Waals surface area contributed by atoms with Gasteiger partial charge in [-0.15, -0.1) is 0 Å². The quantitative estimate of drug-likeness (QED) is 0.717. The summed E-state index contributed by atoms with van der Waals surface area (Å²) < 4.78 is 17.7. The monoisotopic (exact) mass is 210 g/mol. The van der Waals surface area contributed by atoms with E-state index < -0.39 is 5.41 Å². The summed E-state index contributed by atoms with van der Waals surface area (Å²) in [5.41, 5.74) is 0.0197. The number of ether oxygens (including phenoxy) is 1. The number of esters is 1. The van der Waals surface area contributed by atoms with Crippen LogP contribution in [0.5, 0.6) is 0 Å². The molecule has 0 fully saturated rings. The topological polar surface area (TPSA) is 26.3 Å². The van der Waals surface area contributed by atoms with Gasteiger partial charge in [0.25, 0.3) is 0 Å². The van der Waals surface area contributed by atoms with Crippen LogP contribution in [0.1, 0.15) is 26.3 Å². The van der Waals surface area contributed by atoms with E-state index in [9.17, 15) is 9.18 Å². The highest BCUT2D eigenvalue weighted by Gasteiger charge is 2.31. The summed E-state index contributed by atoms with van der Waals surface area (Å²) in [6.07, 6.45) is 0. The molecule has 82 valence electrons. The van der Waals surface area contributed by atoms with E-state index in [0.29, 0.717) is 6.61 Å². The van der Waals surface area contributed by atoms with Crippen molar-refractivity contribution in [3.8, 4) is 0 Å². The Labute approximate surface area is 89.1 Å². The molecule has 0 radical (unpaired) electrons. The van der Waals surface area contributed by atoms with Crippen molar-refractivity contribution < 1.29 is 13.9 Å². The van der Waals surface area contributed by atoms with Gasteiger partial charge in [0.2, 0.25) is 0 Å². The first-order valence-electron chi connectivity index (χ1n) is 4.91. The number of halogens is 1. The molecule has 15 heavy (non-hydrogen) atoms. The number of hydrogen-bond acceptors (Lipinski definition) is 2. The van der Waals surface area contributed by atoms with Crippen LogP contribution >= 0.6 is 0 Å². The zero-order chi connectivity index (χ0) is 11.5. The molecule has 0 aliphatic heterocycles. The number of carbonyl (C=O) groups is 1. The summed E-state index contributed by atoms with van der Waals surface area (Å²) in [4.78, 5) is 11.6. The normalized spacial score (nSPS) is 11.2. The van der Waals surface area contributed by atoms with E-state index in [2.05, 4.69) is 0 Å². The van der Waals surface area contributed by atoms with Crippen LogP contribution in [0.25, 0.3) is 0 Å². The Morgan fingerprint density at radius 2 is 1.87 bits per heavy atom. The molecule has 1 rings (SSSR count). The summed E-state index contributed by atoms with van der Waals surface area (Å²) in [6, 6.07) is 5.89. The number of carbonyl (C=O) groups excluding carboxylic acids is 1. The van der Waals surface area contributed by atoms with Gasteiger partial charge in [-0.2, -0.15) is 0 Å². The fraction of sp³-hybridized carbons (Fsp3) is 0.417. The molecule has 1 aromatic carbocycles. The molecule has 0 saturated heterocycles. The highest BCUT2D eigenvalue weighted by Crippen LogP contribution is 2.24. The minimum Gasteiger partial charge on any atom is -0.465 e. The molecule has 2 nitrogen and oxygen atoms in total. The lowest BCUT2D eigenvalue weighted by molar-refractivity contribution is -0.148. The van der Waals surface area contributed by atoms with E-state index in [4.69, 9.17) is 4.74 Å². The van der Waals surface area contributed by atoms with E-state index in [1.165, 1.54) is 12.1 Å².